The Morgan fingerprint density at radius 3 is 2.64 bits per heavy atom. The van der Waals surface area contributed by atoms with Gasteiger partial charge in [-0.1, -0.05) is 0 Å². The SMILES string of the molecule is COC1=C2C=CC3C4CC[C](=[W])C4(C)CC(O)C3C2(C)CCC1OC. The molecule has 138 valence electrons. The first-order chi connectivity index (χ1) is 11.9. The van der Waals surface area contributed by atoms with E-state index in [1.807, 2.05) is 0 Å². The molecule has 0 radical (unpaired) electrons. The molecule has 0 heterocycles. The van der Waals surface area contributed by atoms with Crippen LogP contribution in [0.3, 0.4) is 0 Å². The molecule has 4 aliphatic rings. The van der Waals surface area contributed by atoms with Gasteiger partial charge >= 0.3 is 162 Å². The normalized spacial score (nSPS) is 48.8. The van der Waals surface area contributed by atoms with Gasteiger partial charge in [0.15, 0.2) is 0 Å². The van der Waals surface area contributed by atoms with Gasteiger partial charge in [0.05, 0.1) is 0 Å². The summed E-state index contributed by atoms with van der Waals surface area (Å²) in [6, 6.07) is 0. The summed E-state index contributed by atoms with van der Waals surface area (Å²) < 4.78 is 13.1. The molecule has 2 fully saturated rings. The van der Waals surface area contributed by atoms with Crippen molar-refractivity contribution in [1.29, 1.82) is 0 Å². The van der Waals surface area contributed by atoms with Crippen molar-refractivity contribution < 1.29 is 33.9 Å². The van der Waals surface area contributed by atoms with E-state index in [1.165, 1.54) is 18.4 Å². The molecular formula is C21H30O3W. The summed E-state index contributed by atoms with van der Waals surface area (Å²) in [6.45, 7) is 4.77. The van der Waals surface area contributed by atoms with E-state index in [4.69, 9.17) is 9.47 Å². The zero-order valence-corrected chi connectivity index (χ0v) is 18.7. The first kappa shape index (κ1) is 18.1. The van der Waals surface area contributed by atoms with Crippen molar-refractivity contribution in [2.45, 2.75) is 58.2 Å². The average Bonchev–Trinajstić information content (AvgIpc) is 2.87. The predicted octanol–water partition coefficient (Wildman–Crippen LogP) is 3.40. The van der Waals surface area contributed by atoms with Gasteiger partial charge in [0.25, 0.3) is 0 Å². The van der Waals surface area contributed by atoms with Crippen LogP contribution in [0.4, 0.5) is 0 Å². The van der Waals surface area contributed by atoms with Gasteiger partial charge in [0.1, 0.15) is 0 Å². The molecular weight excluding hydrogens is 484 g/mol. The summed E-state index contributed by atoms with van der Waals surface area (Å²) in [5.74, 6) is 2.45. The Bertz CT molecular complexity index is 654. The third-order valence-electron chi connectivity index (χ3n) is 7.89. The van der Waals surface area contributed by atoms with E-state index in [-0.39, 0.29) is 23.0 Å². The Morgan fingerprint density at radius 1 is 1.20 bits per heavy atom. The van der Waals surface area contributed by atoms with Crippen molar-refractivity contribution in [3.63, 3.8) is 0 Å². The van der Waals surface area contributed by atoms with Crippen LogP contribution in [0.5, 0.6) is 0 Å². The van der Waals surface area contributed by atoms with E-state index < -0.39 is 0 Å². The molecule has 0 aliphatic heterocycles. The molecule has 7 unspecified atom stereocenters. The number of methoxy groups -OCH3 is 2. The monoisotopic (exact) mass is 514 g/mol. The fourth-order valence-electron chi connectivity index (χ4n) is 6.60. The Labute approximate surface area is 162 Å². The summed E-state index contributed by atoms with van der Waals surface area (Å²) >= 11 is 1.62. The van der Waals surface area contributed by atoms with Crippen LogP contribution in [0.25, 0.3) is 0 Å². The molecule has 0 bridgehead atoms. The quantitative estimate of drug-likeness (QED) is 0.615. The van der Waals surface area contributed by atoms with E-state index >= 15 is 0 Å². The third-order valence-corrected chi connectivity index (χ3v) is 10.3. The number of rotatable bonds is 2. The van der Waals surface area contributed by atoms with Crippen molar-refractivity contribution in [1.82, 2.24) is 0 Å². The number of aliphatic hydroxyl groups is 1. The van der Waals surface area contributed by atoms with Crippen molar-refractivity contribution in [3.8, 4) is 0 Å². The van der Waals surface area contributed by atoms with Crippen molar-refractivity contribution in [3.05, 3.63) is 23.5 Å². The fourth-order valence-corrected chi connectivity index (χ4v) is 7.86. The van der Waals surface area contributed by atoms with Crippen LogP contribution < -0.4 is 0 Å². The standard InChI is InChI=1S/C21H30O3.W/c1-20-10-5-6-14(20)13-7-8-15-19(24-4)17(23-3)9-11-21(15,2)18(13)16(22)12-20;/h7-8,13-14,16-18,22H,5-6,9,11-12H2,1-4H3;. The van der Waals surface area contributed by atoms with Gasteiger partial charge in [-0.2, -0.15) is 0 Å². The van der Waals surface area contributed by atoms with Crippen LogP contribution in [0.2, 0.25) is 0 Å². The van der Waals surface area contributed by atoms with Gasteiger partial charge in [-0.05, 0) is 0 Å². The van der Waals surface area contributed by atoms with Gasteiger partial charge in [-0.3, -0.25) is 0 Å². The molecule has 4 aliphatic carbocycles. The Kier molecular flexibility index (Phi) is 4.46. The second kappa shape index (κ2) is 6.14. The summed E-state index contributed by atoms with van der Waals surface area (Å²) in [4.78, 5) is 0. The molecule has 1 N–H and O–H groups in total. The van der Waals surface area contributed by atoms with Gasteiger partial charge in [0, 0.05) is 0 Å². The predicted molar refractivity (Wildman–Crippen MR) is 94.8 cm³/mol. The van der Waals surface area contributed by atoms with Crippen LogP contribution in [-0.4, -0.2) is 35.4 Å². The van der Waals surface area contributed by atoms with E-state index in [1.54, 1.807) is 37.5 Å². The zero-order chi connectivity index (χ0) is 18.0. The summed E-state index contributed by atoms with van der Waals surface area (Å²) in [7, 11) is 3.52. The van der Waals surface area contributed by atoms with Gasteiger partial charge in [0.2, 0.25) is 0 Å². The van der Waals surface area contributed by atoms with Crippen LogP contribution >= 0.6 is 0 Å². The van der Waals surface area contributed by atoms with Crippen molar-refractivity contribution in [2.24, 2.45) is 28.6 Å². The number of allylic oxidation sites excluding steroid dienone is 3. The van der Waals surface area contributed by atoms with Crippen LogP contribution in [0, 0.1) is 28.6 Å². The third kappa shape index (κ3) is 2.38. The molecule has 0 saturated heterocycles. The topological polar surface area (TPSA) is 38.7 Å². The molecule has 0 aromatic carbocycles. The average molecular weight is 514 g/mol. The maximum absolute atomic E-state index is 11.3. The summed E-state index contributed by atoms with van der Waals surface area (Å²) in [6.07, 6.45) is 10.0. The first-order valence-corrected chi connectivity index (χ1v) is 11.0. The molecule has 2 saturated carbocycles. The van der Waals surface area contributed by atoms with Crippen LogP contribution in [0.15, 0.2) is 23.5 Å². The minimum absolute atomic E-state index is 0.0100. The van der Waals surface area contributed by atoms with E-state index in [0.29, 0.717) is 17.8 Å². The Balaban J connectivity index is 1.82. The molecule has 3 nitrogen and oxygen atoms in total. The van der Waals surface area contributed by atoms with Crippen LogP contribution in [-0.2, 0) is 28.8 Å². The van der Waals surface area contributed by atoms with Crippen molar-refractivity contribution in [2.75, 3.05) is 14.2 Å². The molecule has 0 spiro atoms. The van der Waals surface area contributed by atoms with Crippen LogP contribution in [0.1, 0.15) is 46.0 Å². The molecule has 0 aromatic rings. The second-order valence-corrected chi connectivity index (χ2v) is 10.7. The number of ether oxygens (including phenoxy) is 2. The number of fused-ring (bicyclic) bond motifs is 5. The van der Waals surface area contributed by atoms with E-state index in [0.717, 1.165) is 25.0 Å². The molecule has 4 heteroatoms. The van der Waals surface area contributed by atoms with Gasteiger partial charge < -0.3 is 0 Å². The minimum atomic E-state index is -0.235. The molecule has 0 amide bonds. The summed E-state index contributed by atoms with van der Waals surface area (Å²) in [5, 5.41) is 11.3. The number of aliphatic hydroxyl groups excluding tert-OH is 1. The Morgan fingerprint density at radius 2 is 1.96 bits per heavy atom. The van der Waals surface area contributed by atoms with E-state index in [9.17, 15) is 5.11 Å². The second-order valence-electron chi connectivity index (χ2n) is 8.88. The molecule has 7 atom stereocenters. The first-order valence-electron chi connectivity index (χ1n) is 9.58. The number of hydrogen-bond acceptors (Lipinski definition) is 3. The summed E-state index contributed by atoms with van der Waals surface area (Å²) in [5.41, 5.74) is 1.50. The van der Waals surface area contributed by atoms with Crippen molar-refractivity contribution >= 4 is 3.90 Å². The molecule has 4 rings (SSSR count). The zero-order valence-electron chi connectivity index (χ0n) is 15.7. The number of hydrogen-bond donors (Lipinski definition) is 1. The van der Waals surface area contributed by atoms with Gasteiger partial charge in [-0.15, -0.1) is 0 Å². The molecule has 0 aromatic heterocycles. The molecule has 25 heavy (non-hydrogen) atoms. The van der Waals surface area contributed by atoms with E-state index in [2.05, 4.69) is 26.0 Å². The Hall–Kier alpha value is -0.242. The van der Waals surface area contributed by atoms with Gasteiger partial charge in [-0.25, -0.2) is 0 Å². The maximum atomic E-state index is 11.3. The fraction of sp³-hybridized carbons (Fsp3) is 0.762.